The molecule has 0 aliphatic heterocycles. The maximum Gasteiger partial charge on any atom is 0.244 e. The van der Waals surface area contributed by atoms with Crippen molar-refractivity contribution in [3.05, 3.63) is 24.3 Å². The molecule has 0 aromatic heterocycles. The summed E-state index contributed by atoms with van der Waals surface area (Å²) in [4.78, 5) is 0. The fourth-order valence-electron chi connectivity index (χ4n) is 1.47. The topological polar surface area (TPSA) is 49.6 Å². The number of anilines is 1. The van der Waals surface area contributed by atoms with Crippen molar-refractivity contribution in [1.29, 1.82) is 0 Å². The SMILES string of the molecule is CN(C)P(=O)(c1c[c]cc(N)c1)N(C)C. The van der Waals surface area contributed by atoms with Crippen molar-refractivity contribution in [1.82, 2.24) is 9.34 Å². The van der Waals surface area contributed by atoms with Gasteiger partial charge in [-0.15, -0.1) is 0 Å². The molecule has 0 atom stereocenters. The van der Waals surface area contributed by atoms with Crippen LogP contribution in [0.2, 0.25) is 0 Å². The Hall–Kier alpha value is -0.830. The highest BCUT2D eigenvalue weighted by Gasteiger charge is 2.30. The summed E-state index contributed by atoms with van der Waals surface area (Å²) in [6.45, 7) is 0. The van der Waals surface area contributed by atoms with E-state index in [1.165, 1.54) is 0 Å². The zero-order valence-electron chi connectivity index (χ0n) is 9.56. The summed E-state index contributed by atoms with van der Waals surface area (Å²) in [6, 6.07) is 8.01. The standard InChI is InChI=1S/C10H17N3OP/c1-12(2)15(14,13(3)4)10-7-5-6-9(11)8-10/h6-8H,11H2,1-4H3. The van der Waals surface area contributed by atoms with E-state index in [9.17, 15) is 4.57 Å². The lowest BCUT2D eigenvalue weighted by atomic mass is 10.3. The van der Waals surface area contributed by atoms with Crippen LogP contribution in [0.5, 0.6) is 0 Å². The van der Waals surface area contributed by atoms with Crippen molar-refractivity contribution in [3.8, 4) is 0 Å². The number of nitrogen functional groups attached to an aromatic ring is 1. The molecule has 0 fully saturated rings. The quantitative estimate of drug-likeness (QED) is 0.617. The molecule has 1 rings (SSSR count). The normalized spacial score (nSPS) is 12.4. The lowest BCUT2D eigenvalue weighted by molar-refractivity contribution is 0.460. The molecule has 4 nitrogen and oxygen atoms in total. The predicted octanol–water partition coefficient (Wildman–Crippen LogP) is 1.01. The van der Waals surface area contributed by atoms with Gasteiger partial charge < -0.3 is 5.73 Å². The minimum absolute atomic E-state index is 0.580. The number of hydrogen-bond donors (Lipinski definition) is 1. The third-order valence-electron chi connectivity index (χ3n) is 2.22. The van der Waals surface area contributed by atoms with Crippen molar-refractivity contribution in [2.24, 2.45) is 0 Å². The summed E-state index contributed by atoms with van der Waals surface area (Å²) in [7, 11) is 4.50. The lowest BCUT2D eigenvalue weighted by Gasteiger charge is -2.30. The van der Waals surface area contributed by atoms with E-state index in [0.717, 1.165) is 0 Å². The summed E-state index contributed by atoms with van der Waals surface area (Å²) in [6.07, 6.45) is 0. The van der Waals surface area contributed by atoms with Crippen LogP contribution in [-0.2, 0) is 4.57 Å². The van der Waals surface area contributed by atoms with Crippen LogP contribution < -0.4 is 11.0 Å². The first-order valence-electron chi connectivity index (χ1n) is 4.62. The minimum atomic E-state index is -2.69. The first-order chi connectivity index (χ1) is 6.89. The van der Waals surface area contributed by atoms with Crippen LogP contribution >= 0.6 is 7.44 Å². The van der Waals surface area contributed by atoms with Gasteiger partial charge in [-0.25, -0.2) is 9.34 Å². The fourth-order valence-corrected chi connectivity index (χ4v) is 3.66. The number of nitrogens with zero attached hydrogens (tertiary/aromatic N) is 2. The zero-order chi connectivity index (χ0) is 11.6. The van der Waals surface area contributed by atoms with Crippen molar-refractivity contribution >= 4 is 18.4 Å². The van der Waals surface area contributed by atoms with E-state index in [2.05, 4.69) is 6.07 Å². The van der Waals surface area contributed by atoms with Gasteiger partial charge in [0.05, 0.1) is 0 Å². The highest BCUT2D eigenvalue weighted by atomic mass is 31.2. The molecule has 0 bridgehead atoms. The van der Waals surface area contributed by atoms with E-state index in [0.29, 0.717) is 11.0 Å². The van der Waals surface area contributed by atoms with E-state index in [1.807, 2.05) is 0 Å². The smallest absolute Gasteiger partial charge is 0.244 e. The maximum atomic E-state index is 12.7. The third kappa shape index (κ3) is 2.23. The van der Waals surface area contributed by atoms with Crippen LogP contribution in [0.4, 0.5) is 5.69 Å². The molecule has 1 aromatic carbocycles. The van der Waals surface area contributed by atoms with Gasteiger partial charge in [0.15, 0.2) is 0 Å². The first-order valence-corrected chi connectivity index (χ1v) is 6.23. The van der Waals surface area contributed by atoms with Crippen LogP contribution in [0, 0.1) is 6.07 Å². The largest absolute Gasteiger partial charge is 0.399 e. The fraction of sp³-hybridized carbons (Fsp3) is 0.400. The van der Waals surface area contributed by atoms with Crippen LogP contribution in [-0.4, -0.2) is 37.5 Å². The molecule has 0 amide bonds. The highest BCUT2D eigenvalue weighted by molar-refractivity contribution is 7.67. The summed E-state index contributed by atoms with van der Waals surface area (Å²) in [5.41, 5.74) is 6.25. The second-order valence-corrected chi connectivity index (χ2v) is 6.97. The molecular formula is C10H17N3OP. The highest BCUT2D eigenvalue weighted by Crippen LogP contribution is 2.48. The van der Waals surface area contributed by atoms with E-state index in [4.69, 9.17) is 5.73 Å². The Morgan fingerprint density at radius 2 is 1.73 bits per heavy atom. The Morgan fingerprint density at radius 3 is 2.13 bits per heavy atom. The van der Waals surface area contributed by atoms with Gasteiger partial charge >= 0.3 is 0 Å². The molecule has 0 heterocycles. The number of benzene rings is 1. The lowest BCUT2D eigenvalue weighted by Crippen LogP contribution is -2.28. The van der Waals surface area contributed by atoms with Crippen molar-refractivity contribution in [3.63, 3.8) is 0 Å². The molecule has 0 spiro atoms. The number of nitrogens with two attached hydrogens (primary N) is 1. The van der Waals surface area contributed by atoms with E-state index in [1.54, 1.807) is 55.7 Å². The summed E-state index contributed by atoms with van der Waals surface area (Å²) < 4.78 is 16.2. The molecule has 1 aromatic rings. The Bertz CT molecular complexity index is 378. The Labute approximate surface area is 91.2 Å². The molecule has 83 valence electrons. The molecule has 0 saturated carbocycles. The number of hydrogen-bond acceptors (Lipinski definition) is 2. The van der Waals surface area contributed by atoms with Gasteiger partial charge in [0.25, 0.3) is 0 Å². The molecule has 0 aliphatic rings. The Morgan fingerprint density at radius 1 is 1.20 bits per heavy atom. The molecule has 15 heavy (non-hydrogen) atoms. The van der Waals surface area contributed by atoms with E-state index >= 15 is 0 Å². The molecule has 1 radical (unpaired) electrons. The summed E-state index contributed by atoms with van der Waals surface area (Å²) in [5.74, 6) is 0. The maximum absolute atomic E-state index is 12.7. The molecule has 5 heteroatoms. The molecule has 2 N–H and O–H groups in total. The van der Waals surface area contributed by atoms with Crippen molar-refractivity contribution in [2.75, 3.05) is 33.9 Å². The average molecular weight is 226 g/mol. The average Bonchev–Trinajstić information content (AvgIpc) is 2.15. The van der Waals surface area contributed by atoms with Gasteiger partial charge in [0.2, 0.25) is 7.44 Å². The zero-order valence-corrected chi connectivity index (χ0v) is 10.5. The summed E-state index contributed by atoms with van der Waals surface area (Å²) in [5, 5.41) is 0.706. The first kappa shape index (κ1) is 12.2. The van der Waals surface area contributed by atoms with Gasteiger partial charge in [-0.05, 0) is 52.5 Å². The van der Waals surface area contributed by atoms with Crippen LogP contribution in [0.15, 0.2) is 18.2 Å². The second-order valence-electron chi connectivity index (χ2n) is 3.76. The van der Waals surface area contributed by atoms with Crippen molar-refractivity contribution < 1.29 is 4.57 Å². The second kappa shape index (κ2) is 4.35. The van der Waals surface area contributed by atoms with Gasteiger partial charge in [-0.1, -0.05) is 0 Å². The molecule has 0 saturated heterocycles. The monoisotopic (exact) mass is 226 g/mol. The predicted molar refractivity (Wildman–Crippen MR) is 64.3 cm³/mol. The Balaban J connectivity index is 3.28. The van der Waals surface area contributed by atoms with Gasteiger partial charge in [-0.2, -0.15) is 0 Å². The van der Waals surface area contributed by atoms with Crippen LogP contribution in [0.3, 0.4) is 0 Å². The van der Waals surface area contributed by atoms with Gasteiger partial charge in [0, 0.05) is 11.0 Å². The van der Waals surface area contributed by atoms with E-state index < -0.39 is 7.44 Å². The molecular weight excluding hydrogens is 209 g/mol. The van der Waals surface area contributed by atoms with E-state index in [-0.39, 0.29) is 0 Å². The number of rotatable bonds is 3. The van der Waals surface area contributed by atoms with Crippen LogP contribution in [0.25, 0.3) is 0 Å². The Kier molecular flexibility index (Phi) is 3.55. The third-order valence-corrected chi connectivity index (χ3v) is 5.32. The van der Waals surface area contributed by atoms with Gasteiger partial charge in [0.1, 0.15) is 0 Å². The van der Waals surface area contributed by atoms with Gasteiger partial charge in [-0.3, -0.25) is 4.57 Å². The molecule has 0 aliphatic carbocycles. The summed E-state index contributed by atoms with van der Waals surface area (Å²) >= 11 is 0. The van der Waals surface area contributed by atoms with Crippen LogP contribution in [0.1, 0.15) is 0 Å². The molecule has 0 unspecified atom stereocenters. The minimum Gasteiger partial charge on any atom is -0.399 e. The van der Waals surface area contributed by atoms with Crippen molar-refractivity contribution in [2.45, 2.75) is 0 Å².